The van der Waals surface area contributed by atoms with Crippen LogP contribution in [0.3, 0.4) is 0 Å². The Morgan fingerprint density at radius 2 is 1.87 bits per heavy atom. The van der Waals surface area contributed by atoms with Crippen molar-refractivity contribution >= 4 is 5.91 Å². The number of nitrogens with one attached hydrogen (secondary N) is 1. The fourth-order valence-electron chi connectivity index (χ4n) is 2.88. The Labute approximate surface area is 172 Å². The van der Waals surface area contributed by atoms with Crippen LogP contribution in [0.2, 0.25) is 0 Å². The number of carbonyl (C=O) groups excluding carboxylic acids is 1. The third-order valence-corrected chi connectivity index (χ3v) is 4.44. The van der Waals surface area contributed by atoms with Gasteiger partial charge in [0.05, 0.1) is 11.9 Å². The Hall–Kier alpha value is -3.87. The number of furan rings is 1. The third-order valence-electron chi connectivity index (χ3n) is 4.44. The van der Waals surface area contributed by atoms with E-state index in [1.807, 2.05) is 36.5 Å². The maximum Gasteiger partial charge on any atom is 0.287 e. The molecule has 152 valence electrons. The van der Waals surface area contributed by atoms with Gasteiger partial charge in [-0.15, -0.1) is 0 Å². The Bertz CT molecular complexity index is 1100. The zero-order valence-electron chi connectivity index (χ0n) is 16.1. The van der Waals surface area contributed by atoms with E-state index in [1.165, 1.54) is 24.3 Å². The third kappa shape index (κ3) is 4.94. The van der Waals surface area contributed by atoms with Gasteiger partial charge in [0.2, 0.25) is 0 Å². The van der Waals surface area contributed by atoms with Crippen molar-refractivity contribution in [2.75, 3.05) is 6.54 Å². The van der Waals surface area contributed by atoms with Gasteiger partial charge in [-0.1, -0.05) is 18.2 Å². The van der Waals surface area contributed by atoms with E-state index in [2.05, 4.69) is 10.4 Å². The lowest BCUT2D eigenvalue weighted by molar-refractivity contribution is 0.0922. The largest absolute Gasteiger partial charge is 0.486 e. The number of nitrogens with zero attached hydrogens (tertiary/aromatic N) is 2. The molecule has 0 radical (unpaired) electrons. The van der Waals surface area contributed by atoms with Crippen LogP contribution in [0.25, 0.3) is 5.69 Å². The van der Waals surface area contributed by atoms with Crippen LogP contribution < -0.4 is 10.1 Å². The number of aromatic nitrogens is 2. The molecule has 0 saturated heterocycles. The summed E-state index contributed by atoms with van der Waals surface area (Å²) in [5.74, 6) is 0.626. The molecule has 0 fully saturated rings. The second-order valence-electron chi connectivity index (χ2n) is 6.64. The summed E-state index contributed by atoms with van der Waals surface area (Å²) in [4.78, 5) is 12.3. The molecule has 2 aromatic heterocycles. The summed E-state index contributed by atoms with van der Waals surface area (Å²) < 4.78 is 25.8. The van der Waals surface area contributed by atoms with E-state index in [-0.39, 0.29) is 24.1 Å². The highest BCUT2D eigenvalue weighted by Crippen LogP contribution is 2.15. The van der Waals surface area contributed by atoms with E-state index in [9.17, 15) is 9.18 Å². The van der Waals surface area contributed by atoms with E-state index >= 15 is 0 Å². The van der Waals surface area contributed by atoms with Gasteiger partial charge in [-0.05, 0) is 60.5 Å². The molecule has 0 atom stereocenters. The summed E-state index contributed by atoms with van der Waals surface area (Å²) in [6, 6.07) is 18.8. The van der Waals surface area contributed by atoms with Crippen molar-refractivity contribution in [2.45, 2.75) is 13.0 Å². The molecular weight excluding hydrogens is 385 g/mol. The van der Waals surface area contributed by atoms with Gasteiger partial charge in [0.15, 0.2) is 5.76 Å². The van der Waals surface area contributed by atoms with Crippen LogP contribution in [0.15, 0.2) is 83.5 Å². The minimum atomic E-state index is -0.327. The molecule has 4 aromatic rings. The quantitative estimate of drug-likeness (QED) is 0.478. The standard InChI is InChI=1S/C23H20FN3O3/c24-18-6-8-20(9-7-18)29-16-21-10-11-22(30-21)23(28)25-13-12-17-14-26-27(15-17)19-4-2-1-3-5-19/h1-11,14-15H,12-13,16H2,(H,25,28). The number of hydrogen-bond acceptors (Lipinski definition) is 4. The molecular formula is C23H20FN3O3. The topological polar surface area (TPSA) is 69.3 Å². The summed E-state index contributed by atoms with van der Waals surface area (Å²) in [6.07, 6.45) is 4.38. The second kappa shape index (κ2) is 9.09. The summed E-state index contributed by atoms with van der Waals surface area (Å²) in [5.41, 5.74) is 2.01. The van der Waals surface area contributed by atoms with Crippen molar-refractivity contribution in [3.05, 3.63) is 102 Å². The van der Waals surface area contributed by atoms with Gasteiger partial charge < -0.3 is 14.5 Å². The van der Waals surface area contributed by atoms with Crippen molar-refractivity contribution in [1.82, 2.24) is 15.1 Å². The van der Waals surface area contributed by atoms with Crippen LogP contribution in [0, 0.1) is 5.82 Å². The predicted octanol–water partition coefficient (Wildman–Crippen LogP) is 4.16. The molecule has 0 aliphatic heterocycles. The van der Waals surface area contributed by atoms with Crippen LogP contribution in [0.4, 0.5) is 4.39 Å². The Kier molecular flexibility index (Phi) is 5.89. The van der Waals surface area contributed by atoms with Crippen molar-refractivity contribution < 1.29 is 18.3 Å². The summed E-state index contributed by atoms with van der Waals surface area (Å²) >= 11 is 0. The first kappa shape index (κ1) is 19.4. The van der Waals surface area contributed by atoms with Gasteiger partial charge in [-0.25, -0.2) is 9.07 Å². The number of rotatable bonds is 8. The Morgan fingerprint density at radius 3 is 2.67 bits per heavy atom. The van der Waals surface area contributed by atoms with Gasteiger partial charge in [-0.3, -0.25) is 4.79 Å². The van der Waals surface area contributed by atoms with Crippen molar-refractivity contribution in [2.24, 2.45) is 0 Å². The average Bonchev–Trinajstić information content (AvgIpc) is 3.44. The molecule has 2 heterocycles. The van der Waals surface area contributed by atoms with Crippen LogP contribution in [-0.4, -0.2) is 22.2 Å². The van der Waals surface area contributed by atoms with E-state index in [4.69, 9.17) is 9.15 Å². The molecule has 1 N–H and O–H groups in total. The van der Waals surface area contributed by atoms with Gasteiger partial charge in [0.1, 0.15) is 23.9 Å². The van der Waals surface area contributed by atoms with Crippen LogP contribution in [-0.2, 0) is 13.0 Å². The lowest BCUT2D eigenvalue weighted by Gasteiger charge is -2.04. The molecule has 0 spiro atoms. The van der Waals surface area contributed by atoms with Crippen molar-refractivity contribution in [3.8, 4) is 11.4 Å². The molecule has 0 bridgehead atoms. The zero-order chi connectivity index (χ0) is 20.8. The van der Waals surface area contributed by atoms with Crippen LogP contribution >= 0.6 is 0 Å². The predicted molar refractivity (Wildman–Crippen MR) is 109 cm³/mol. The first-order valence-corrected chi connectivity index (χ1v) is 9.51. The van der Waals surface area contributed by atoms with Gasteiger partial charge in [0, 0.05) is 12.7 Å². The fourth-order valence-corrected chi connectivity index (χ4v) is 2.88. The van der Waals surface area contributed by atoms with Crippen LogP contribution in [0.1, 0.15) is 21.9 Å². The monoisotopic (exact) mass is 405 g/mol. The molecule has 0 aliphatic carbocycles. The molecule has 30 heavy (non-hydrogen) atoms. The van der Waals surface area contributed by atoms with Gasteiger partial charge >= 0.3 is 0 Å². The lowest BCUT2D eigenvalue weighted by Crippen LogP contribution is -2.25. The molecule has 0 unspecified atom stereocenters. The molecule has 4 rings (SSSR count). The fraction of sp³-hybridized carbons (Fsp3) is 0.130. The molecule has 1 amide bonds. The minimum absolute atomic E-state index is 0.150. The summed E-state index contributed by atoms with van der Waals surface area (Å²) in [6.45, 7) is 0.610. The molecule has 6 nitrogen and oxygen atoms in total. The summed E-state index contributed by atoms with van der Waals surface area (Å²) in [5, 5.41) is 7.18. The Balaban J connectivity index is 1.25. The SMILES string of the molecule is O=C(NCCc1cnn(-c2ccccc2)c1)c1ccc(COc2ccc(F)cc2)o1. The summed E-state index contributed by atoms with van der Waals surface area (Å²) in [7, 11) is 0. The van der Waals surface area contributed by atoms with E-state index in [1.54, 1.807) is 23.0 Å². The number of ether oxygens (including phenoxy) is 1. The van der Waals surface area contributed by atoms with E-state index in [0.29, 0.717) is 24.5 Å². The maximum atomic E-state index is 12.9. The van der Waals surface area contributed by atoms with Gasteiger partial charge in [-0.2, -0.15) is 5.10 Å². The first-order chi connectivity index (χ1) is 14.7. The number of carbonyl (C=O) groups is 1. The molecule has 0 saturated carbocycles. The zero-order valence-corrected chi connectivity index (χ0v) is 16.1. The molecule has 0 aliphatic rings. The number of para-hydroxylation sites is 1. The van der Waals surface area contributed by atoms with Gasteiger partial charge in [0.25, 0.3) is 5.91 Å². The normalized spacial score (nSPS) is 10.7. The minimum Gasteiger partial charge on any atom is -0.486 e. The number of hydrogen-bond donors (Lipinski definition) is 1. The highest BCUT2D eigenvalue weighted by atomic mass is 19.1. The highest BCUT2D eigenvalue weighted by Gasteiger charge is 2.11. The number of benzene rings is 2. The Morgan fingerprint density at radius 1 is 1.07 bits per heavy atom. The molecule has 2 aromatic carbocycles. The highest BCUT2D eigenvalue weighted by molar-refractivity contribution is 5.91. The first-order valence-electron chi connectivity index (χ1n) is 9.51. The smallest absolute Gasteiger partial charge is 0.287 e. The second-order valence-corrected chi connectivity index (χ2v) is 6.64. The van der Waals surface area contributed by atoms with Crippen LogP contribution in [0.5, 0.6) is 5.75 Å². The molecule has 7 heteroatoms. The van der Waals surface area contributed by atoms with E-state index in [0.717, 1.165) is 11.3 Å². The van der Waals surface area contributed by atoms with E-state index < -0.39 is 0 Å². The number of amides is 1. The van der Waals surface area contributed by atoms with Crippen molar-refractivity contribution in [1.29, 1.82) is 0 Å². The van der Waals surface area contributed by atoms with Crippen molar-refractivity contribution in [3.63, 3.8) is 0 Å². The lowest BCUT2D eigenvalue weighted by atomic mass is 10.2. The maximum absolute atomic E-state index is 12.9. The average molecular weight is 405 g/mol. The number of halogens is 1.